The largest absolute Gasteiger partial charge is 0.326 e. The molecule has 0 unspecified atom stereocenters. The first-order valence-corrected chi connectivity index (χ1v) is 9.33. The molecule has 0 aromatic heterocycles. The molecule has 0 aromatic carbocycles. The van der Waals surface area contributed by atoms with Crippen molar-refractivity contribution in [2.24, 2.45) is 0 Å². The highest BCUT2D eigenvalue weighted by atomic mass is 15.3. The molecule has 0 fully saturated rings. The first-order chi connectivity index (χ1) is 11.2. The van der Waals surface area contributed by atoms with Crippen LogP contribution in [-0.2, 0) is 0 Å². The van der Waals surface area contributed by atoms with Gasteiger partial charge in [0, 0.05) is 52.4 Å². The van der Waals surface area contributed by atoms with Gasteiger partial charge < -0.3 is 24.5 Å². The van der Waals surface area contributed by atoms with Crippen LogP contribution in [0.4, 0.5) is 0 Å². The molecule has 0 rings (SSSR count). The van der Waals surface area contributed by atoms with Crippen LogP contribution in [0.2, 0.25) is 0 Å². The summed E-state index contributed by atoms with van der Waals surface area (Å²) in [6.07, 6.45) is 0. The normalized spacial score (nSPS) is 13.0. The quantitative estimate of drug-likeness (QED) is 0.409. The molecule has 0 amide bonds. The van der Waals surface area contributed by atoms with Gasteiger partial charge in [0.05, 0.1) is 27.2 Å². The summed E-state index contributed by atoms with van der Waals surface area (Å²) in [6, 6.07) is 0. The van der Waals surface area contributed by atoms with E-state index in [2.05, 4.69) is 74.3 Å². The van der Waals surface area contributed by atoms with Crippen molar-refractivity contribution in [3.8, 4) is 0 Å². The summed E-state index contributed by atoms with van der Waals surface area (Å²) < 4.78 is 1.08. The molecule has 6 nitrogen and oxygen atoms in total. The molecule has 0 atom stereocenters. The van der Waals surface area contributed by atoms with Crippen LogP contribution < -0.4 is 5.32 Å². The van der Waals surface area contributed by atoms with Gasteiger partial charge in [0.2, 0.25) is 0 Å². The van der Waals surface area contributed by atoms with Gasteiger partial charge in [0.15, 0.2) is 0 Å². The molecule has 24 heavy (non-hydrogen) atoms. The van der Waals surface area contributed by atoms with Crippen LogP contribution in [-0.4, -0.2) is 146 Å². The number of nitrogens with zero attached hydrogens (tertiary/aromatic N) is 5. The fraction of sp³-hybridized carbons (Fsp3) is 1.00. The third-order valence-corrected chi connectivity index (χ3v) is 4.71. The molecule has 0 aromatic rings. The molecule has 0 saturated heterocycles. The zero-order valence-corrected chi connectivity index (χ0v) is 17.8. The van der Waals surface area contributed by atoms with Crippen molar-refractivity contribution in [1.82, 2.24) is 24.9 Å². The van der Waals surface area contributed by atoms with Gasteiger partial charge in [0.1, 0.15) is 0 Å². The molecule has 1 N–H and O–H groups in total. The van der Waals surface area contributed by atoms with Crippen molar-refractivity contribution < 1.29 is 4.48 Å². The second-order valence-electron chi connectivity index (χ2n) is 8.20. The number of nitrogens with one attached hydrogen (secondary N) is 1. The van der Waals surface area contributed by atoms with Crippen LogP contribution in [0.15, 0.2) is 0 Å². The molecular formula is C18H45N6+. The summed E-state index contributed by atoms with van der Waals surface area (Å²) in [5, 5.41) is 3.25. The van der Waals surface area contributed by atoms with E-state index in [-0.39, 0.29) is 0 Å². The Hall–Kier alpha value is -0.240. The number of quaternary nitrogens is 1. The summed E-state index contributed by atoms with van der Waals surface area (Å²) >= 11 is 0. The second kappa shape index (κ2) is 13.0. The van der Waals surface area contributed by atoms with E-state index in [4.69, 9.17) is 0 Å². The fourth-order valence-electron chi connectivity index (χ4n) is 2.36. The van der Waals surface area contributed by atoms with Gasteiger partial charge in [-0.1, -0.05) is 0 Å². The third kappa shape index (κ3) is 14.1. The van der Waals surface area contributed by atoms with Gasteiger partial charge >= 0.3 is 0 Å². The van der Waals surface area contributed by atoms with Gasteiger partial charge in [-0.2, -0.15) is 0 Å². The average molecular weight is 346 g/mol. The molecule has 0 spiro atoms. The van der Waals surface area contributed by atoms with Gasteiger partial charge in [-0.25, -0.2) is 0 Å². The maximum Gasteiger partial charge on any atom is 0.0912 e. The molecule has 0 heterocycles. The van der Waals surface area contributed by atoms with Crippen molar-refractivity contribution in [3.63, 3.8) is 0 Å². The van der Waals surface area contributed by atoms with Crippen LogP contribution in [0.25, 0.3) is 0 Å². The van der Waals surface area contributed by atoms with E-state index in [9.17, 15) is 0 Å². The van der Waals surface area contributed by atoms with Crippen molar-refractivity contribution in [1.29, 1.82) is 0 Å². The first kappa shape index (κ1) is 23.8. The van der Waals surface area contributed by atoms with E-state index in [0.29, 0.717) is 0 Å². The first-order valence-electron chi connectivity index (χ1n) is 9.33. The highest BCUT2D eigenvalue weighted by Gasteiger charge is 2.15. The van der Waals surface area contributed by atoms with E-state index >= 15 is 0 Å². The summed E-state index contributed by atoms with van der Waals surface area (Å²) in [6.45, 7) is 11.5. The lowest BCUT2D eigenvalue weighted by molar-refractivity contribution is -0.888. The van der Waals surface area contributed by atoms with Gasteiger partial charge in [-0.05, 0) is 42.3 Å². The summed E-state index contributed by atoms with van der Waals surface area (Å²) in [7, 11) is 17.6. The van der Waals surface area contributed by atoms with Gasteiger partial charge in [0.25, 0.3) is 0 Å². The molecular weight excluding hydrogens is 300 g/mol. The highest BCUT2D eigenvalue weighted by Crippen LogP contribution is 1.97. The number of likely N-dealkylation sites (N-methyl/N-ethyl adjacent to an activating group) is 6. The van der Waals surface area contributed by atoms with Crippen LogP contribution in [0.1, 0.15) is 0 Å². The lowest BCUT2D eigenvalue weighted by atomic mass is 10.4. The Balaban J connectivity index is 3.79. The minimum Gasteiger partial charge on any atom is -0.326 e. The Kier molecular flexibility index (Phi) is 12.9. The van der Waals surface area contributed by atoms with Crippen molar-refractivity contribution in [3.05, 3.63) is 0 Å². The standard InChI is InChI=1S/C18H45N6/c1-19-9-17-24(7,8)18-16-23(6)15-14-22(5)13-12-21(4)11-10-20(2)3/h19H,9-18H2,1-8H3/q+1. The Morgan fingerprint density at radius 3 is 1.46 bits per heavy atom. The number of rotatable bonds is 15. The topological polar surface area (TPSA) is 25.0 Å². The Labute approximate surface area is 152 Å². The average Bonchev–Trinajstić information content (AvgIpc) is 2.52. The van der Waals surface area contributed by atoms with E-state index in [1.807, 2.05) is 7.05 Å². The fourth-order valence-corrected chi connectivity index (χ4v) is 2.36. The summed E-state index contributed by atoms with van der Waals surface area (Å²) in [5.74, 6) is 0. The lowest BCUT2D eigenvalue weighted by Crippen LogP contribution is -2.48. The molecule has 0 aliphatic carbocycles. The molecule has 146 valence electrons. The Morgan fingerprint density at radius 1 is 0.625 bits per heavy atom. The minimum absolute atomic E-state index is 1.08. The molecule has 0 aliphatic heterocycles. The molecule has 0 saturated carbocycles. The predicted octanol–water partition coefficient (Wildman–Crippen LogP) is -0.361. The second-order valence-corrected chi connectivity index (χ2v) is 8.20. The molecule has 0 bridgehead atoms. The van der Waals surface area contributed by atoms with Crippen LogP contribution >= 0.6 is 0 Å². The third-order valence-electron chi connectivity index (χ3n) is 4.71. The van der Waals surface area contributed by atoms with Crippen LogP contribution in [0, 0.1) is 0 Å². The predicted molar refractivity (Wildman–Crippen MR) is 107 cm³/mol. The summed E-state index contributed by atoms with van der Waals surface area (Å²) in [4.78, 5) is 9.57. The van der Waals surface area contributed by atoms with E-state index in [1.165, 1.54) is 13.1 Å². The lowest BCUT2D eigenvalue weighted by Gasteiger charge is -2.32. The van der Waals surface area contributed by atoms with Crippen molar-refractivity contribution >= 4 is 0 Å². The zero-order chi connectivity index (χ0) is 18.6. The maximum atomic E-state index is 3.25. The SMILES string of the molecule is CNCC[N+](C)(C)CCN(C)CCN(C)CCN(C)CCN(C)C. The van der Waals surface area contributed by atoms with E-state index in [0.717, 1.165) is 56.8 Å². The molecule has 0 aliphatic rings. The maximum absolute atomic E-state index is 3.25. The number of hydrogen-bond acceptors (Lipinski definition) is 5. The van der Waals surface area contributed by atoms with Crippen LogP contribution in [0.5, 0.6) is 0 Å². The van der Waals surface area contributed by atoms with Crippen molar-refractivity contribution in [2.45, 2.75) is 0 Å². The van der Waals surface area contributed by atoms with E-state index < -0.39 is 0 Å². The van der Waals surface area contributed by atoms with Crippen molar-refractivity contribution in [2.75, 3.05) is 122 Å². The molecule has 6 heteroatoms. The van der Waals surface area contributed by atoms with Crippen LogP contribution in [0.3, 0.4) is 0 Å². The summed E-state index contributed by atoms with van der Waals surface area (Å²) in [5.41, 5.74) is 0. The monoisotopic (exact) mass is 345 g/mol. The zero-order valence-electron chi connectivity index (χ0n) is 17.8. The minimum atomic E-state index is 1.08. The van der Waals surface area contributed by atoms with E-state index in [1.54, 1.807) is 0 Å². The number of hydrogen-bond donors (Lipinski definition) is 1. The Bertz CT molecular complexity index is 295. The van der Waals surface area contributed by atoms with Gasteiger partial charge in [-0.3, -0.25) is 4.90 Å². The molecule has 0 radical (unpaired) electrons. The highest BCUT2D eigenvalue weighted by molar-refractivity contribution is 4.61. The van der Waals surface area contributed by atoms with Gasteiger partial charge in [-0.15, -0.1) is 0 Å². The Morgan fingerprint density at radius 2 is 1.04 bits per heavy atom. The smallest absolute Gasteiger partial charge is 0.0912 e.